The fourth-order valence-corrected chi connectivity index (χ4v) is 2.24. The Labute approximate surface area is 104 Å². The van der Waals surface area contributed by atoms with Crippen molar-refractivity contribution in [2.24, 2.45) is 0 Å². The normalized spacial score (nSPS) is 28.3. The van der Waals surface area contributed by atoms with Crippen molar-refractivity contribution >= 4 is 5.91 Å². The minimum Gasteiger partial charge on any atom is -0.381 e. The average Bonchev–Trinajstić information content (AvgIpc) is 3.02. The Bertz CT molecular complexity index is 428. The minimum atomic E-state index is -0.271. The molecule has 2 aliphatic rings. The summed E-state index contributed by atoms with van der Waals surface area (Å²) in [7, 11) is 0. The average molecular weight is 252 g/mol. The van der Waals surface area contributed by atoms with E-state index in [9.17, 15) is 4.79 Å². The molecule has 2 saturated heterocycles. The Morgan fingerprint density at radius 3 is 3.11 bits per heavy atom. The highest BCUT2D eigenvalue weighted by atomic mass is 16.5. The van der Waals surface area contributed by atoms with Crippen LogP contribution in [0.2, 0.25) is 0 Å². The van der Waals surface area contributed by atoms with Crippen LogP contribution in [0, 0.1) is 0 Å². The summed E-state index contributed by atoms with van der Waals surface area (Å²) in [6, 6.07) is -0.271. The second kappa shape index (κ2) is 5.03. The molecule has 18 heavy (non-hydrogen) atoms. The van der Waals surface area contributed by atoms with Crippen LogP contribution in [0.25, 0.3) is 0 Å². The molecule has 2 fully saturated rings. The van der Waals surface area contributed by atoms with Gasteiger partial charge in [0, 0.05) is 25.6 Å². The van der Waals surface area contributed by atoms with Crippen LogP contribution in [0.5, 0.6) is 0 Å². The zero-order valence-electron chi connectivity index (χ0n) is 10.0. The lowest BCUT2D eigenvalue weighted by molar-refractivity contribution is -0.124. The Kier molecular flexibility index (Phi) is 3.24. The fraction of sp³-hybridized carbons (Fsp3) is 0.727. The van der Waals surface area contributed by atoms with Gasteiger partial charge in [0.05, 0.1) is 19.1 Å². The summed E-state index contributed by atoms with van der Waals surface area (Å²) >= 11 is 0. The van der Waals surface area contributed by atoms with Crippen molar-refractivity contribution in [1.82, 2.24) is 20.8 Å². The summed E-state index contributed by atoms with van der Waals surface area (Å²) in [5, 5.41) is 9.90. The van der Waals surface area contributed by atoms with Gasteiger partial charge in [0.2, 0.25) is 11.8 Å². The lowest BCUT2D eigenvalue weighted by Gasteiger charge is -2.21. The topological polar surface area (TPSA) is 89.3 Å². The van der Waals surface area contributed by atoms with Gasteiger partial charge in [-0.1, -0.05) is 5.16 Å². The van der Waals surface area contributed by atoms with Crippen molar-refractivity contribution in [2.45, 2.75) is 24.8 Å². The van der Waals surface area contributed by atoms with E-state index in [0.29, 0.717) is 31.3 Å². The third kappa shape index (κ3) is 2.37. The van der Waals surface area contributed by atoms with Crippen molar-refractivity contribution < 1.29 is 14.1 Å². The van der Waals surface area contributed by atoms with E-state index in [1.165, 1.54) is 0 Å². The van der Waals surface area contributed by atoms with E-state index in [1.807, 2.05) is 0 Å². The number of ether oxygens (including phenoxy) is 1. The second-order valence-electron chi connectivity index (χ2n) is 4.61. The largest absolute Gasteiger partial charge is 0.381 e. The Balaban J connectivity index is 1.64. The molecule has 2 atom stereocenters. The van der Waals surface area contributed by atoms with Crippen LogP contribution >= 0.6 is 0 Å². The maximum atomic E-state index is 11.6. The van der Waals surface area contributed by atoms with E-state index in [0.717, 1.165) is 19.6 Å². The number of hydrogen-bond acceptors (Lipinski definition) is 6. The molecular formula is C11H16N4O3. The van der Waals surface area contributed by atoms with Crippen LogP contribution in [0.1, 0.15) is 24.1 Å². The molecule has 7 nitrogen and oxygen atoms in total. The summed E-state index contributed by atoms with van der Waals surface area (Å²) in [5.41, 5.74) is 0. The van der Waals surface area contributed by atoms with Crippen molar-refractivity contribution in [3.8, 4) is 0 Å². The van der Waals surface area contributed by atoms with Gasteiger partial charge in [-0.15, -0.1) is 0 Å². The summed E-state index contributed by atoms with van der Waals surface area (Å²) in [4.78, 5) is 15.9. The molecule has 7 heteroatoms. The van der Waals surface area contributed by atoms with Gasteiger partial charge in [-0.2, -0.15) is 4.98 Å². The maximum absolute atomic E-state index is 11.6. The summed E-state index contributed by atoms with van der Waals surface area (Å²) in [6.45, 7) is 2.85. The van der Waals surface area contributed by atoms with E-state index in [4.69, 9.17) is 9.26 Å². The van der Waals surface area contributed by atoms with E-state index < -0.39 is 0 Å². The van der Waals surface area contributed by atoms with Gasteiger partial charge in [0.15, 0.2) is 5.82 Å². The molecule has 1 amide bonds. The number of carbonyl (C=O) groups is 1. The van der Waals surface area contributed by atoms with Crippen LogP contribution in [0.3, 0.4) is 0 Å². The van der Waals surface area contributed by atoms with Crippen molar-refractivity contribution in [3.63, 3.8) is 0 Å². The number of carbonyl (C=O) groups excluding carboxylic acids is 1. The molecule has 0 aliphatic carbocycles. The lowest BCUT2D eigenvalue weighted by Crippen LogP contribution is -2.53. The highest BCUT2D eigenvalue weighted by molar-refractivity contribution is 5.82. The SMILES string of the molecule is O=C1NCCNC1Cc1nc(C2CCOC2)no1. The predicted octanol–water partition coefficient (Wildman–Crippen LogP) is -0.796. The van der Waals surface area contributed by atoms with Gasteiger partial charge in [0.1, 0.15) is 0 Å². The van der Waals surface area contributed by atoms with Gasteiger partial charge >= 0.3 is 0 Å². The molecule has 2 N–H and O–H groups in total. The predicted molar refractivity (Wildman–Crippen MR) is 61.0 cm³/mol. The number of hydrogen-bond donors (Lipinski definition) is 2. The molecule has 0 saturated carbocycles. The molecule has 0 bridgehead atoms. The highest BCUT2D eigenvalue weighted by Gasteiger charge is 2.26. The molecule has 2 unspecified atom stereocenters. The zero-order chi connectivity index (χ0) is 12.4. The summed E-state index contributed by atoms with van der Waals surface area (Å²) in [6.07, 6.45) is 1.37. The summed E-state index contributed by atoms with van der Waals surface area (Å²) in [5.74, 6) is 1.42. The molecule has 0 aromatic carbocycles. The number of piperazine rings is 1. The van der Waals surface area contributed by atoms with Crippen LogP contribution in [-0.4, -0.2) is 48.4 Å². The third-order valence-corrected chi connectivity index (χ3v) is 3.29. The number of amides is 1. The fourth-order valence-electron chi connectivity index (χ4n) is 2.24. The van der Waals surface area contributed by atoms with Crippen molar-refractivity contribution in [3.05, 3.63) is 11.7 Å². The first-order chi connectivity index (χ1) is 8.83. The molecule has 1 aromatic rings. The van der Waals surface area contributed by atoms with Crippen molar-refractivity contribution in [2.75, 3.05) is 26.3 Å². The number of rotatable bonds is 3. The van der Waals surface area contributed by atoms with E-state index in [2.05, 4.69) is 20.8 Å². The summed E-state index contributed by atoms with van der Waals surface area (Å²) < 4.78 is 10.5. The number of nitrogens with zero attached hydrogens (tertiary/aromatic N) is 2. The Morgan fingerprint density at radius 1 is 1.39 bits per heavy atom. The number of nitrogens with one attached hydrogen (secondary N) is 2. The van der Waals surface area contributed by atoms with Gasteiger partial charge in [-0.25, -0.2) is 0 Å². The molecule has 3 rings (SSSR count). The van der Waals surface area contributed by atoms with E-state index >= 15 is 0 Å². The van der Waals surface area contributed by atoms with Gasteiger partial charge in [-0.05, 0) is 6.42 Å². The van der Waals surface area contributed by atoms with Crippen LogP contribution in [-0.2, 0) is 16.0 Å². The lowest BCUT2D eigenvalue weighted by atomic mass is 10.1. The molecule has 0 spiro atoms. The Morgan fingerprint density at radius 2 is 2.33 bits per heavy atom. The first-order valence-corrected chi connectivity index (χ1v) is 6.24. The number of aromatic nitrogens is 2. The first kappa shape index (κ1) is 11.6. The van der Waals surface area contributed by atoms with Gasteiger partial charge in [-0.3, -0.25) is 4.79 Å². The Hall–Kier alpha value is -1.47. The molecule has 2 aliphatic heterocycles. The van der Waals surface area contributed by atoms with E-state index in [1.54, 1.807) is 0 Å². The van der Waals surface area contributed by atoms with Crippen LogP contribution < -0.4 is 10.6 Å². The highest BCUT2D eigenvalue weighted by Crippen LogP contribution is 2.22. The standard InChI is InChI=1S/C11H16N4O3/c16-11-8(12-2-3-13-11)5-9-14-10(15-18-9)7-1-4-17-6-7/h7-8,12H,1-6H2,(H,13,16). The van der Waals surface area contributed by atoms with Gasteiger partial charge < -0.3 is 19.9 Å². The second-order valence-corrected chi connectivity index (χ2v) is 4.61. The van der Waals surface area contributed by atoms with Gasteiger partial charge in [0.25, 0.3) is 0 Å². The minimum absolute atomic E-state index is 0.00907. The van der Waals surface area contributed by atoms with Crippen LogP contribution in [0.15, 0.2) is 4.52 Å². The first-order valence-electron chi connectivity index (χ1n) is 6.24. The monoisotopic (exact) mass is 252 g/mol. The quantitative estimate of drug-likeness (QED) is 0.732. The zero-order valence-corrected chi connectivity index (χ0v) is 10.0. The molecule has 98 valence electrons. The molecule has 0 radical (unpaired) electrons. The molecular weight excluding hydrogens is 236 g/mol. The molecule has 1 aromatic heterocycles. The van der Waals surface area contributed by atoms with Crippen LogP contribution in [0.4, 0.5) is 0 Å². The maximum Gasteiger partial charge on any atom is 0.237 e. The molecule has 3 heterocycles. The smallest absolute Gasteiger partial charge is 0.237 e. The van der Waals surface area contributed by atoms with E-state index in [-0.39, 0.29) is 17.9 Å². The van der Waals surface area contributed by atoms with Crippen molar-refractivity contribution in [1.29, 1.82) is 0 Å². The third-order valence-electron chi connectivity index (χ3n) is 3.29.